The van der Waals surface area contributed by atoms with Gasteiger partial charge in [-0.15, -0.1) is 11.8 Å². The molecule has 2 aromatic rings. The van der Waals surface area contributed by atoms with E-state index >= 15 is 0 Å². The van der Waals surface area contributed by atoms with Crippen molar-refractivity contribution in [3.8, 4) is 5.75 Å². The standard InChI is InChI=1S/C18H15F2NO2S/c19-14-3-1-2-13(17(14)20)9-21-16(22)10-24-18(21)12-4-5-15-11(8-12)6-7-23-15/h1-5,8,18H,6-7,9-10H2. The number of fused-ring (bicyclic) bond motifs is 1. The van der Waals surface area contributed by atoms with Crippen LogP contribution in [-0.4, -0.2) is 23.2 Å². The lowest BCUT2D eigenvalue weighted by Crippen LogP contribution is -2.28. The first-order chi connectivity index (χ1) is 11.6. The third-order valence-electron chi connectivity index (χ3n) is 4.34. The summed E-state index contributed by atoms with van der Waals surface area (Å²) in [7, 11) is 0. The van der Waals surface area contributed by atoms with Gasteiger partial charge in [0, 0.05) is 12.0 Å². The number of hydrogen-bond acceptors (Lipinski definition) is 3. The first kappa shape index (κ1) is 15.4. The number of amides is 1. The minimum Gasteiger partial charge on any atom is -0.493 e. The maximum Gasteiger partial charge on any atom is 0.234 e. The number of thioether (sulfide) groups is 1. The van der Waals surface area contributed by atoms with E-state index in [4.69, 9.17) is 4.74 Å². The highest BCUT2D eigenvalue weighted by molar-refractivity contribution is 8.00. The monoisotopic (exact) mass is 347 g/mol. The van der Waals surface area contributed by atoms with Crippen molar-refractivity contribution in [3.05, 3.63) is 64.7 Å². The van der Waals surface area contributed by atoms with Crippen LogP contribution < -0.4 is 4.74 Å². The molecule has 1 fully saturated rings. The molecule has 124 valence electrons. The Kier molecular flexibility index (Phi) is 3.92. The van der Waals surface area contributed by atoms with Crippen molar-refractivity contribution < 1.29 is 18.3 Å². The van der Waals surface area contributed by atoms with Crippen LogP contribution >= 0.6 is 11.8 Å². The van der Waals surface area contributed by atoms with Crippen LogP contribution in [0.25, 0.3) is 0 Å². The molecule has 0 spiro atoms. The van der Waals surface area contributed by atoms with Crippen LogP contribution in [0.15, 0.2) is 36.4 Å². The summed E-state index contributed by atoms with van der Waals surface area (Å²) in [6.45, 7) is 0.738. The lowest BCUT2D eigenvalue weighted by molar-refractivity contribution is -0.128. The van der Waals surface area contributed by atoms with Crippen molar-refractivity contribution in [1.29, 1.82) is 0 Å². The molecule has 4 rings (SSSR count). The Bertz CT molecular complexity index is 812. The minimum atomic E-state index is -0.891. The number of ether oxygens (including phenoxy) is 1. The first-order valence-corrected chi connectivity index (χ1v) is 8.78. The molecular weight excluding hydrogens is 332 g/mol. The molecule has 0 aromatic heterocycles. The zero-order valence-electron chi connectivity index (χ0n) is 12.8. The van der Waals surface area contributed by atoms with Crippen molar-refractivity contribution in [3.63, 3.8) is 0 Å². The molecule has 0 aliphatic carbocycles. The largest absolute Gasteiger partial charge is 0.493 e. The summed E-state index contributed by atoms with van der Waals surface area (Å²) in [5.74, 6) is -0.614. The summed E-state index contributed by atoms with van der Waals surface area (Å²) in [5.41, 5.74) is 2.32. The average Bonchev–Trinajstić information content (AvgIpc) is 3.18. The van der Waals surface area contributed by atoms with Crippen LogP contribution in [-0.2, 0) is 17.8 Å². The maximum atomic E-state index is 14.0. The van der Waals surface area contributed by atoms with E-state index in [2.05, 4.69) is 0 Å². The van der Waals surface area contributed by atoms with E-state index < -0.39 is 11.6 Å². The van der Waals surface area contributed by atoms with Gasteiger partial charge >= 0.3 is 0 Å². The Morgan fingerprint density at radius 2 is 2.12 bits per heavy atom. The normalized spacial score (nSPS) is 19.5. The summed E-state index contributed by atoms with van der Waals surface area (Å²) in [6.07, 6.45) is 0.854. The Labute approximate surface area is 142 Å². The molecule has 2 aliphatic heterocycles. The highest BCUT2D eigenvalue weighted by atomic mass is 32.2. The summed E-state index contributed by atoms with van der Waals surface area (Å²) < 4.78 is 32.9. The summed E-state index contributed by atoms with van der Waals surface area (Å²) in [6, 6.07) is 9.97. The lowest BCUT2D eigenvalue weighted by atomic mass is 10.1. The van der Waals surface area contributed by atoms with E-state index in [1.54, 1.807) is 4.90 Å². The molecule has 2 heterocycles. The predicted molar refractivity (Wildman–Crippen MR) is 87.7 cm³/mol. The van der Waals surface area contributed by atoms with E-state index in [0.717, 1.165) is 29.4 Å². The number of halogens is 2. The molecule has 3 nitrogen and oxygen atoms in total. The number of nitrogens with zero attached hydrogens (tertiary/aromatic N) is 1. The fraction of sp³-hybridized carbons (Fsp3) is 0.278. The quantitative estimate of drug-likeness (QED) is 0.848. The summed E-state index contributed by atoms with van der Waals surface area (Å²) >= 11 is 1.51. The zero-order chi connectivity index (χ0) is 16.7. The van der Waals surface area contributed by atoms with Crippen LogP contribution in [0.3, 0.4) is 0 Å². The summed E-state index contributed by atoms with van der Waals surface area (Å²) in [4.78, 5) is 13.9. The predicted octanol–water partition coefficient (Wildman–Crippen LogP) is 3.67. The van der Waals surface area contributed by atoms with Gasteiger partial charge in [0.25, 0.3) is 0 Å². The topological polar surface area (TPSA) is 29.5 Å². The van der Waals surface area contributed by atoms with Crippen molar-refractivity contribution in [2.24, 2.45) is 0 Å². The molecule has 0 bridgehead atoms. The van der Waals surface area contributed by atoms with Gasteiger partial charge < -0.3 is 9.64 Å². The van der Waals surface area contributed by atoms with Crippen LogP contribution in [0.4, 0.5) is 8.78 Å². The van der Waals surface area contributed by atoms with Crippen LogP contribution in [0.1, 0.15) is 22.1 Å². The van der Waals surface area contributed by atoms with Gasteiger partial charge in [-0.3, -0.25) is 4.79 Å². The third-order valence-corrected chi connectivity index (χ3v) is 5.60. The molecule has 1 unspecified atom stereocenters. The third kappa shape index (κ3) is 2.65. The highest BCUT2D eigenvalue weighted by Gasteiger charge is 2.34. The second-order valence-corrected chi connectivity index (χ2v) is 6.93. The van der Waals surface area contributed by atoms with E-state index in [0.29, 0.717) is 12.4 Å². The van der Waals surface area contributed by atoms with Crippen LogP contribution in [0.5, 0.6) is 5.75 Å². The van der Waals surface area contributed by atoms with Gasteiger partial charge in [0.2, 0.25) is 5.91 Å². The van der Waals surface area contributed by atoms with Gasteiger partial charge in [0.1, 0.15) is 11.1 Å². The van der Waals surface area contributed by atoms with E-state index in [9.17, 15) is 13.6 Å². The van der Waals surface area contributed by atoms with Gasteiger partial charge in [-0.1, -0.05) is 18.2 Å². The Hall–Kier alpha value is -2.08. The molecule has 1 amide bonds. The van der Waals surface area contributed by atoms with E-state index in [1.807, 2.05) is 18.2 Å². The number of hydrogen-bond donors (Lipinski definition) is 0. The van der Waals surface area contributed by atoms with Gasteiger partial charge in [0.05, 0.1) is 18.9 Å². The maximum absolute atomic E-state index is 14.0. The molecular formula is C18H15F2NO2S. The average molecular weight is 347 g/mol. The molecule has 1 atom stereocenters. The Morgan fingerprint density at radius 1 is 1.25 bits per heavy atom. The second kappa shape index (κ2) is 6.09. The zero-order valence-corrected chi connectivity index (χ0v) is 13.6. The van der Waals surface area contributed by atoms with Crippen molar-refractivity contribution in [1.82, 2.24) is 4.90 Å². The number of carbonyl (C=O) groups is 1. The van der Waals surface area contributed by atoms with Crippen molar-refractivity contribution in [2.75, 3.05) is 12.4 Å². The lowest BCUT2D eigenvalue weighted by Gasteiger charge is -2.25. The molecule has 2 aromatic carbocycles. The molecule has 0 N–H and O–H groups in total. The highest BCUT2D eigenvalue weighted by Crippen LogP contribution is 2.41. The molecule has 0 saturated carbocycles. The number of carbonyl (C=O) groups excluding carboxylic acids is 1. The van der Waals surface area contributed by atoms with Crippen molar-refractivity contribution >= 4 is 17.7 Å². The minimum absolute atomic E-state index is 0.0632. The number of rotatable bonds is 3. The molecule has 1 saturated heterocycles. The molecule has 2 aliphatic rings. The van der Waals surface area contributed by atoms with E-state index in [-0.39, 0.29) is 23.4 Å². The van der Waals surface area contributed by atoms with Gasteiger partial charge in [-0.25, -0.2) is 8.78 Å². The SMILES string of the molecule is O=C1CSC(c2ccc3c(c2)CCO3)N1Cc1cccc(F)c1F. The van der Waals surface area contributed by atoms with Gasteiger partial charge in [-0.05, 0) is 29.3 Å². The summed E-state index contributed by atoms with van der Waals surface area (Å²) in [5, 5.41) is -0.189. The smallest absolute Gasteiger partial charge is 0.234 e. The van der Waals surface area contributed by atoms with Gasteiger partial charge in [-0.2, -0.15) is 0 Å². The molecule has 24 heavy (non-hydrogen) atoms. The number of benzene rings is 2. The van der Waals surface area contributed by atoms with Crippen molar-refractivity contribution in [2.45, 2.75) is 18.3 Å². The molecule has 0 radical (unpaired) electrons. The van der Waals surface area contributed by atoms with Crippen LogP contribution in [0, 0.1) is 11.6 Å². The fourth-order valence-electron chi connectivity index (χ4n) is 3.12. The molecule has 6 heteroatoms. The van der Waals surface area contributed by atoms with Crippen LogP contribution in [0.2, 0.25) is 0 Å². The van der Waals surface area contributed by atoms with Gasteiger partial charge in [0.15, 0.2) is 11.6 Å². The first-order valence-electron chi connectivity index (χ1n) is 7.73. The fourth-order valence-corrected chi connectivity index (χ4v) is 4.29. The Morgan fingerprint density at radius 3 is 3.00 bits per heavy atom. The second-order valence-electron chi connectivity index (χ2n) is 5.86. The van der Waals surface area contributed by atoms with E-state index in [1.165, 1.54) is 23.9 Å². The Balaban J connectivity index is 1.63.